The Hall–Kier alpha value is -1.06. The third-order valence-electron chi connectivity index (χ3n) is 5.57. The number of hydrogen-bond donors (Lipinski definition) is 1. The molecule has 0 aliphatic rings. The second-order valence-corrected chi connectivity index (χ2v) is 8.64. The van der Waals surface area contributed by atoms with E-state index in [1.165, 1.54) is 89.9 Å². The zero-order valence-corrected chi connectivity index (χ0v) is 19.4. The van der Waals surface area contributed by atoms with Gasteiger partial charge < -0.3 is 9.84 Å². The number of ether oxygens (including phenoxy) is 1. The van der Waals surface area contributed by atoms with Crippen molar-refractivity contribution in [3.8, 4) is 0 Å². The van der Waals surface area contributed by atoms with Crippen molar-refractivity contribution in [2.24, 2.45) is 0 Å². The van der Waals surface area contributed by atoms with E-state index in [2.05, 4.69) is 6.92 Å². The molecule has 4 nitrogen and oxygen atoms in total. The van der Waals surface area contributed by atoms with Gasteiger partial charge in [-0.25, -0.2) is 0 Å². The number of esters is 1. The average Bonchev–Trinajstić information content (AvgIpc) is 2.67. The largest absolute Gasteiger partial charge is 0.481 e. The fourth-order valence-corrected chi connectivity index (χ4v) is 3.70. The number of carbonyl (C=O) groups is 2. The van der Waals surface area contributed by atoms with Crippen LogP contribution < -0.4 is 0 Å². The molecule has 0 radical (unpaired) electrons. The molecule has 1 atom stereocenters. The van der Waals surface area contributed by atoms with Crippen LogP contribution in [0, 0.1) is 0 Å². The Morgan fingerprint density at radius 2 is 1.07 bits per heavy atom. The molecule has 4 heteroatoms. The van der Waals surface area contributed by atoms with Gasteiger partial charge in [0, 0.05) is 12.8 Å². The van der Waals surface area contributed by atoms with Crippen molar-refractivity contribution in [1.82, 2.24) is 0 Å². The first-order valence-corrected chi connectivity index (χ1v) is 12.5. The molecular weight excluding hydrogens is 364 g/mol. The van der Waals surface area contributed by atoms with Crippen LogP contribution in [0.5, 0.6) is 0 Å². The number of unbranched alkanes of at least 4 members (excludes halogenated alkanes) is 15. The fourth-order valence-electron chi connectivity index (χ4n) is 3.70. The van der Waals surface area contributed by atoms with Crippen molar-refractivity contribution in [3.63, 3.8) is 0 Å². The molecule has 1 unspecified atom stereocenters. The Morgan fingerprint density at radius 1 is 0.655 bits per heavy atom. The van der Waals surface area contributed by atoms with Crippen molar-refractivity contribution in [3.05, 3.63) is 0 Å². The van der Waals surface area contributed by atoms with E-state index < -0.39 is 5.97 Å². The second kappa shape index (κ2) is 21.6. The van der Waals surface area contributed by atoms with Crippen molar-refractivity contribution < 1.29 is 19.4 Å². The molecule has 0 aromatic carbocycles. The highest BCUT2D eigenvalue weighted by Crippen LogP contribution is 2.14. The Balaban J connectivity index is 3.24. The molecule has 0 saturated heterocycles. The van der Waals surface area contributed by atoms with Gasteiger partial charge in [-0.05, 0) is 26.2 Å². The zero-order chi connectivity index (χ0) is 21.6. The van der Waals surface area contributed by atoms with Gasteiger partial charge in [0.1, 0.15) is 0 Å². The van der Waals surface area contributed by atoms with Crippen LogP contribution in [0.2, 0.25) is 0 Å². The lowest BCUT2D eigenvalue weighted by molar-refractivity contribution is -0.148. The van der Waals surface area contributed by atoms with Crippen molar-refractivity contribution in [1.29, 1.82) is 0 Å². The summed E-state index contributed by atoms with van der Waals surface area (Å²) in [7, 11) is 0. The molecule has 0 aliphatic heterocycles. The molecule has 29 heavy (non-hydrogen) atoms. The van der Waals surface area contributed by atoms with E-state index in [1.807, 2.05) is 6.92 Å². The minimum Gasteiger partial charge on any atom is -0.481 e. The predicted octanol–water partition coefficient (Wildman–Crippen LogP) is 7.82. The summed E-state index contributed by atoms with van der Waals surface area (Å²) in [6.07, 6.45) is 22.8. The third kappa shape index (κ3) is 23.1. The van der Waals surface area contributed by atoms with Gasteiger partial charge in [0.25, 0.3) is 0 Å². The Morgan fingerprint density at radius 3 is 1.48 bits per heavy atom. The third-order valence-corrected chi connectivity index (χ3v) is 5.57. The summed E-state index contributed by atoms with van der Waals surface area (Å²) >= 11 is 0. The van der Waals surface area contributed by atoms with Crippen molar-refractivity contribution in [2.45, 2.75) is 148 Å². The second-order valence-electron chi connectivity index (χ2n) is 8.64. The first kappa shape index (κ1) is 27.9. The Bertz CT molecular complexity index is 381. The number of rotatable bonds is 22. The smallest absolute Gasteiger partial charge is 0.306 e. The summed E-state index contributed by atoms with van der Waals surface area (Å²) in [5, 5.41) is 8.61. The molecule has 172 valence electrons. The SMILES string of the molecule is CCCCCCCCCCCCCCCCCCC(=O)OC(C)CCCC(=O)O. The van der Waals surface area contributed by atoms with Crippen LogP contribution in [0.1, 0.15) is 142 Å². The van der Waals surface area contributed by atoms with Gasteiger partial charge in [0.05, 0.1) is 6.10 Å². The summed E-state index contributed by atoms with van der Waals surface area (Å²) in [6, 6.07) is 0. The van der Waals surface area contributed by atoms with E-state index >= 15 is 0 Å². The van der Waals surface area contributed by atoms with Crippen molar-refractivity contribution >= 4 is 11.9 Å². The Labute approximate surface area is 180 Å². The fraction of sp³-hybridized carbons (Fsp3) is 0.920. The highest BCUT2D eigenvalue weighted by molar-refractivity contribution is 5.69. The maximum atomic E-state index is 11.8. The van der Waals surface area contributed by atoms with E-state index in [9.17, 15) is 9.59 Å². The van der Waals surface area contributed by atoms with Crippen LogP contribution in [-0.4, -0.2) is 23.1 Å². The van der Waals surface area contributed by atoms with E-state index in [4.69, 9.17) is 9.84 Å². The summed E-state index contributed by atoms with van der Waals surface area (Å²) < 4.78 is 5.32. The molecule has 0 aromatic rings. The van der Waals surface area contributed by atoms with Gasteiger partial charge in [0.15, 0.2) is 0 Å². The lowest BCUT2D eigenvalue weighted by Gasteiger charge is -2.12. The zero-order valence-electron chi connectivity index (χ0n) is 19.4. The molecule has 0 fully saturated rings. The molecule has 0 saturated carbocycles. The van der Waals surface area contributed by atoms with Crippen LogP contribution in [-0.2, 0) is 14.3 Å². The average molecular weight is 413 g/mol. The molecule has 0 bridgehead atoms. The highest BCUT2D eigenvalue weighted by Gasteiger charge is 2.10. The normalized spacial score (nSPS) is 12.1. The van der Waals surface area contributed by atoms with Gasteiger partial charge in [-0.2, -0.15) is 0 Å². The van der Waals surface area contributed by atoms with Gasteiger partial charge in [-0.3, -0.25) is 9.59 Å². The van der Waals surface area contributed by atoms with Crippen LogP contribution in [0.3, 0.4) is 0 Å². The van der Waals surface area contributed by atoms with E-state index in [1.54, 1.807) is 0 Å². The van der Waals surface area contributed by atoms with Crippen LogP contribution in [0.25, 0.3) is 0 Å². The first-order chi connectivity index (χ1) is 14.1. The number of aliphatic carboxylic acids is 1. The van der Waals surface area contributed by atoms with Gasteiger partial charge >= 0.3 is 11.9 Å². The number of carboxylic acids is 1. The van der Waals surface area contributed by atoms with Crippen molar-refractivity contribution in [2.75, 3.05) is 0 Å². The topological polar surface area (TPSA) is 63.6 Å². The molecular formula is C25H48O4. The summed E-state index contributed by atoms with van der Waals surface area (Å²) in [5.41, 5.74) is 0. The molecule has 0 aliphatic carbocycles. The standard InChI is InChI=1S/C25H48O4/c1-3-4-5-6-7-8-9-10-11-12-13-14-15-16-17-18-22-25(28)29-23(2)20-19-21-24(26)27/h23H,3-22H2,1-2H3,(H,26,27). The van der Waals surface area contributed by atoms with Crippen LogP contribution in [0.15, 0.2) is 0 Å². The highest BCUT2D eigenvalue weighted by atomic mass is 16.5. The quantitative estimate of drug-likeness (QED) is 0.145. The number of hydrogen-bond acceptors (Lipinski definition) is 3. The van der Waals surface area contributed by atoms with E-state index in [-0.39, 0.29) is 18.5 Å². The maximum Gasteiger partial charge on any atom is 0.306 e. The van der Waals surface area contributed by atoms with Crippen LogP contribution in [0.4, 0.5) is 0 Å². The molecule has 0 amide bonds. The van der Waals surface area contributed by atoms with Crippen LogP contribution >= 0.6 is 0 Å². The minimum absolute atomic E-state index is 0.140. The number of carbonyl (C=O) groups excluding carboxylic acids is 1. The molecule has 0 heterocycles. The molecule has 0 spiro atoms. The monoisotopic (exact) mass is 412 g/mol. The van der Waals surface area contributed by atoms with E-state index in [0.717, 1.165) is 12.8 Å². The Kier molecular flexibility index (Phi) is 20.9. The molecule has 0 rings (SSSR count). The molecule has 1 N–H and O–H groups in total. The lowest BCUT2D eigenvalue weighted by Crippen LogP contribution is -2.15. The first-order valence-electron chi connectivity index (χ1n) is 12.5. The summed E-state index contributed by atoms with van der Waals surface area (Å²) in [6.45, 7) is 4.11. The molecule has 0 aromatic heterocycles. The minimum atomic E-state index is -0.795. The van der Waals surface area contributed by atoms with Gasteiger partial charge in [-0.15, -0.1) is 0 Å². The van der Waals surface area contributed by atoms with E-state index in [0.29, 0.717) is 19.3 Å². The lowest BCUT2D eigenvalue weighted by atomic mass is 10.0. The summed E-state index contributed by atoms with van der Waals surface area (Å²) in [5.74, 6) is -0.935. The summed E-state index contributed by atoms with van der Waals surface area (Å²) in [4.78, 5) is 22.2. The van der Waals surface area contributed by atoms with Gasteiger partial charge in [-0.1, -0.05) is 103 Å². The number of carboxylic acid groups (broad SMARTS) is 1. The maximum absolute atomic E-state index is 11.8. The van der Waals surface area contributed by atoms with Gasteiger partial charge in [0.2, 0.25) is 0 Å². The predicted molar refractivity (Wildman–Crippen MR) is 121 cm³/mol.